The van der Waals surface area contributed by atoms with Crippen LogP contribution in [0, 0.1) is 30.3 Å². The van der Waals surface area contributed by atoms with Gasteiger partial charge in [-0.3, -0.25) is 45.2 Å². The standard InChI is InChI=1S/C23H12ClN5O10/c24-13-1-7-19(39-20-8-6-16(28(35)36)11-18(20)29(37)38)12(9-13)10-17-21(30)25-23(32)26(22(17)31)14-2-4-15(5-3-14)27(33)34/h1-11H,(H,25,30,32)/b17-10+. The van der Waals surface area contributed by atoms with Gasteiger partial charge in [-0.25, -0.2) is 9.69 Å². The Balaban J connectivity index is 1.75. The maximum Gasteiger partial charge on any atom is 0.335 e. The average Bonchev–Trinajstić information content (AvgIpc) is 2.88. The first-order valence-corrected chi connectivity index (χ1v) is 10.9. The molecule has 0 aliphatic carbocycles. The zero-order valence-electron chi connectivity index (χ0n) is 19.1. The Morgan fingerprint density at radius 3 is 2.03 bits per heavy atom. The molecule has 1 heterocycles. The largest absolute Gasteiger partial charge is 0.449 e. The van der Waals surface area contributed by atoms with Gasteiger partial charge in [0.2, 0.25) is 5.75 Å². The molecule has 1 aliphatic rings. The number of nitro benzene ring substituents is 3. The molecule has 0 saturated carbocycles. The van der Waals surface area contributed by atoms with Crippen LogP contribution in [0.5, 0.6) is 11.5 Å². The number of rotatable bonds is 7. The van der Waals surface area contributed by atoms with Gasteiger partial charge in [0.15, 0.2) is 0 Å². The lowest BCUT2D eigenvalue weighted by atomic mass is 10.1. The second-order valence-electron chi connectivity index (χ2n) is 7.68. The fraction of sp³-hybridized carbons (Fsp3) is 0. The molecule has 0 aromatic heterocycles. The van der Waals surface area contributed by atoms with Crippen LogP contribution in [-0.4, -0.2) is 32.6 Å². The fourth-order valence-electron chi connectivity index (χ4n) is 3.46. The molecule has 1 saturated heterocycles. The third-order valence-corrected chi connectivity index (χ3v) is 5.50. The van der Waals surface area contributed by atoms with Gasteiger partial charge in [0.25, 0.3) is 23.2 Å². The molecule has 0 bridgehead atoms. The minimum atomic E-state index is -1.10. The molecular weight excluding hydrogens is 542 g/mol. The first-order valence-electron chi connectivity index (χ1n) is 10.5. The van der Waals surface area contributed by atoms with E-state index in [4.69, 9.17) is 16.3 Å². The number of carbonyl (C=O) groups excluding carboxylic acids is 3. The molecule has 1 fully saturated rings. The Bertz CT molecular complexity index is 1620. The van der Waals surface area contributed by atoms with Gasteiger partial charge >= 0.3 is 11.7 Å². The fourth-order valence-corrected chi connectivity index (χ4v) is 3.64. The van der Waals surface area contributed by atoms with Crippen molar-refractivity contribution in [2.75, 3.05) is 4.90 Å². The Morgan fingerprint density at radius 2 is 1.41 bits per heavy atom. The van der Waals surface area contributed by atoms with E-state index in [1.165, 1.54) is 18.2 Å². The van der Waals surface area contributed by atoms with Crippen molar-refractivity contribution in [3.8, 4) is 11.5 Å². The molecule has 0 unspecified atom stereocenters. The van der Waals surface area contributed by atoms with Gasteiger partial charge in [-0.05, 0) is 42.5 Å². The number of anilines is 1. The third kappa shape index (κ3) is 5.37. The van der Waals surface area contributed by atoms with E-state index >= 15 is 0 Å². The number of nitrogens with one attached hydrogen (secondary N) is 1. The van der Waals surface area contributed by atoms with Gasteiger partial charge in [-0.15, -0.1) is 0 Å². The van der Waals surface area contributed by atoms with Gasteiger partial charge in [0.05, 0.1) is 26.5 Å². The molecule has 16 heteroatoms. The summed E-state index contributed by atoms with van der Waals surface area (Å²) in [6.07, 6.45) is 1.03. The molecule has 4 amide bonds. The van der Waals surface area contributed by atoms with Crippen LogP contribution in [0.1, 0.15) is 5.56 Å². The highest BCUT2D eigenvalue weighted by atomic mass is 35.5. The maximum absolute atomic E-state index is 13.2. The van der Waals surface area contributed by atoms with Crippen LogP contribution in [0.4, 0.5) is 27.5 Å². The van der Waals surface area contributed by atoms with Gasteiger partial charge in [-0.1, -0.05) is 11.6 Å². The Labute approximate surface area is 221 Å². The highest BCUT2D eigenvalue weighted by molar-refractivity contribution is 6.39. The van der Waals surface area contributed by atoms with Crippen LogP contribution < -0.4 is 15.0 Å². The lowest BCUT2D eigenvalue weighted by Gasteiger charge is -2.26. The zero-order chi connectivity index (χ0) is 28.4. The Kier molecular flexibility index (Phi) is 7.00. The van der Waals surface area contributed by atoms with Gasteiger partial charge in [0.1, 0.15) is 11.3 Å². The minimum absolute atomic E-state index is 0.00773. The van der Waals surface area contributed by atoms with Crippen LogP contribution >= 0.6 is 11.6 Å². The van der Waals surface area contributed by atoms with Crippen molar-refractivity contribution in [3.05, 3.63) is 107 Å². The van der Waals surface area contributed by atoms with Crippen LogP contribution in [0.25, 0.3) is 6.08 Å². The van der Waals surface area contributed by atoms with E-state index in [0.29, 0.717) is 11.0 Å². The summed E-state index contributed by atoms with van der Waals surface area (Å²) in [6, 6.07) is 9.93. The number of urea groups is 1. The molecule has 3 aromatic carbocycles. The minimum Gasteiger partial charge on any atom is -0.449 e. The summed E-state index contributed by atoms with van der Waals surface area (Å²) in [6.45, 7) is 0. The number of carbonyl (C=O) groups is 3. The van der Waals surface area contributed by atoms with E-state index in [0.717, 1.165) is 42.5 Å². The summed E-state index contributed by atoms with van der Waals surface area (Å²) < 4.78 is 5.62. The third-order valence-electron chi connectivity index (χ3n) is 5.26. The summed E-state index contributed by atoms with van der Waals surface area (Å²) in [5.74, 6) is -2.65. The number of amides is 4. The molecule has 1 N–H and O–H groups in total. The lowest BCUT2D eigenvalue weighted by Crippen LogP contribution is -2.54. The van der Waals surface area contributed by atoms with Gasteiger partial charge in [0, 0.05) is 28.8 Å². The number of nitrogens with zero attached hydrogens (tertiary/aromatic N) is 4. The van der Waals surface area contributed by atoms with Crippen molar-refractivity contribution in [3.63, 3.8) is 0 Å². The first-order chi connectivity index (χ1) is 18.5. The van der Waals surface area contributed by atoms with Crippen LogP contribution in [0.2, 0.25) is 5.02 Å². The summed E-state index contributed by atoms with van der Waals surface area (Å²) in [7, 11) is 0. The van der Waals surface area contributed by atoms with E-state index in [2.05, 4.69) is 0 Å². The lowest BCUT2D eigenvalue weighted by molar-refractivity contribution is -0.394. The molecule has 3 aromatic rings. The number of barbiturate groups is 1. The predicted molar refractivity (Wildman–Crippen MR) is 133 cm³/mol. The van der Waals surface area contributed by atoms with Gasteiger partial charge in [-0.2, -0.15) is 0 Å². The number of halogens is 1. The summed E-state index contributed by atoms with van der Waals surface area (Å²) in [4.78, 5) is 69.8. The molecule has 0 spiro atoms. The van der Waals surface area contributed by atoms with E-state index in [1.807, 2.05) is 5.32 Å². The molecule has 4 rings (SSSR count). The molecule has 1 aliphatic heterocycles. The molecule has 0 atom stereocenters. The summed E-state index contributed by atoms with van der Waals surface area (Å²) in [5, 5.41) is 35.5. The second-order valence-corrected chi connectivity index (χ2v) is 8.12. The number of hydrogen-bond donors (Lipinski definition) is 1. The van der Waals surface area contributed by atoms with E-state index in [9.17, 15) is 44.7 Å². The average molecular weight is 554 g/mol. The second kappa shape index (κ2) is 10.3. The van der Waals surface area contributed by atoms with Crippen molar-refractivity contribution in [1.82, 2.24) is 5.32 Å². The summed E-state index contributed by atoms with van der Waals surface area (Å²) in [5.41, 5.74) is -2.20. The highest BCUT2D eigenvalue weighted by Gasteiger charge is 2.37. The molecule has 196 valence electrons. The zero-order valence-corrected chi connectivity index (χ0v) is 19.9. The monoisotopic (exact) mass is 553 g/mol. The maximum atomic E-state index is 13.2. The summed E-state index contributed by atoms with van der Waals surface area (Å²) >= 11 is 6.06. The van der Waals surface area contributed by atoms with Crippen molar-refractivity contribution in [2.24, 2.45) is 0 Å². The topological polar surface area (TPSA) is 205 Å². The van der Waals surface area contributed by atoms with E-state index in [1.54, 1.807) is 0 Å². The van der Waals surface area contributed by atoms with E-state index in [-0.39, 0.29) is 33.5 Å². The molecule has 39 heavy (non-hydrogen) atoms. The van der Waals surface area contributed by atoms with Crippen molar-refractivity contribution < 1.29 is 33.9 Å². The molecular formula is C23H12ClN5O10. The number of imide groups is 2. The Morgan fingerprint density at radius 1 is 0.795 bits per heavy atom. The van der Waals surface area contributed by atoms with Gasteiger partial charge < -0.3 is 4.74 Å². The SMILES string of the molecule is O=C1NC(=O)N(c2ccc([N+](=O)[O-])cc2)C(=O)/C1=C/c1cc(Cl)ccc1Oc1ccc([N+](=O)[O-])cc1[N+](=O)[O-]. The number of ether oxygens (including phenoxy) is 1. The van der Waals surface area contributed by atoms with Crippen LogP contribution in [-0.2, 0) is 9.59 Å². The Hall–Kier alpha value is -5.70. The number of hydrogen-bond acceptors (Lipinski definition) is 10. The number of non-ortho nitro benzene ring substituents is 2. The first kappa shape index (κ1) is 26.4. The molecule has 0 radical (unpaired) electrons. The molecule has 15 nitrogen and oxygen atoms in total. The normalized spacial score (nSPS) is 14.2. The number of benzene rings is 3. The predicted octanol–water partition coefficient (Wildman–Crippen LogP) is 4.52. The smallest absolute Gasteiger partial charge is 0.335 e. The van der Waals surface area contributed by atoms with Crippen molar-refractivity contribution >= 4 is 58.3 Å². The number of nitro groups is 3. The van der Waals surface area contributed by atoms with Crippen LogP contribution in [0.15, 0.2) is 66.2 Å². The van der Waals surface area contributed by atoms with Crippen molar-refractivity contribution in [1.29, 1.82) is 0 Å². The van der Waals surface area contributed by atoms with E-state index < -0.39 is 49.6 Å². The van der Waals surface area contributed by atoms with Crippen LogP contribution in [0.3, 0.4) is 0 Å². The van der Waals surface area contributed by atoms with Crippen molar-refractivity contribution in [2.45, 2.75) is 0 Å². The highest BCUT2D eigenvalue weighted by Crippen LogP contribution is 2.37. The quantitative estimate of drug-likeness (QED) is 0.187.